The van der Waals surface area contributed by atoms with Crippen LogP contribution in [0.4, 0.5) is 0 Å². The molecular formula is C26H53N2NaO6. The maximum atomic E-state index is 11.5. The molecule has 0 radical (unpaired) electrons. The van der Waals surface area contributed by atoms with E-state index in [0.29, 0.717) is 26.1 Å². The molecule has 0 aliphatic rings. The average molecular weight is 513 g/mol. The Kier molecular flexibility index (Phi) is 35.7. The number of rotatable bonds is 23. The van der Waals surface area contributed by atoms with Crippen molar-refractivity contribution < 1.29 is 59.2 Å². The summed E-state index contributed by atoms with van der Waals surface area (Å²) < 4.78 is 5.34. The van der Waals surface area contributed by atoms with Gasteiger partial charge in [-0.3, -0.25) is 4.79 Å². The van der Waals surface area contributed by atoms with Gasteiger partial charge in [0.25, 0.3) is 0 Å². The molecule has 204 valence electrons. The molecule has 0 aliphatic heterocycles. The molecule has 2 atom stereocenters. The molecular weight excluding hydrogens is 459 g/mol. The first kappa shape index (κ1) is 39.3. The predicted octanol–water partition coefficient (Wildman–Crippen LogP) is -0.450. The number of hydrogen-bond acceptors (Lipinski definition) is 7. The van der Waals surface area contributed by atoms with Crippen LogP contribution in [0.1, 0.15) is 104 Å². The van der Waals surface area contributed by atoms with Crippen LogP contribution < -0.4 is 45.3 Å². The summed E-state index contributed by atoms with van der Waals surface area (Å²) in [6, 6.07) is 0. The van der Waals surface area contributed by atoms with E-state index in [2.05, 4.69) is 24.5 Å². The summed E-state index contributed by atoms with van der Waals surface area (Å²) >= 11 is 0. The number of hydrogen-bond donors (Lipinski definition) is 4. The number of carboxylic acid groups (broad SMARTS) is 1. The van der Waals surface area contributed by atoms with Crippen molar-refractivity contribution in [3.8, 4) is 0 Å². The summed E-state index contributed by atoms with van der Waals surface area (Å²) in [7, 11) is 0. The van der Waals surface area contributed by atoms with Gasteiger partial charge < -0.3 is 35.5 Å². The molecule has 0 spiro atoms. The van der Waals surface area contributed by atoms with Crippen LogP contribution in [0.25, 0.3) is 0 Å². The predicted molar refractivity (Wildman–Crippen MR) is 135 cm³/mol. The molecule has 0 aliphatic carbocycles. The standard InChI is InChI=1S/C13H25NO4.C13H29NO2.Na/c1-2-7-11(13(17)18)10-12(16)14-8-5-3-4-6-9-15;1-3-5-7-8-9-14-11-13(15)12-16-10-6-4-2;/h11,15H,2-10H2,1H3,(H,14,16)(H,17,18);13-15H,3-12H2,1-2H3;/q;;+1/p-1. The quantitative estimate of drug-likeness (QED) is 0.108. The van der Waals surface area contributed by atoms with Gasteiger partial charge in [0.15, 0.2) is 0 Å². The smallest absolute Gasteiger partial charge is 0.550 e. The van der Waals surface area contributed by atoms with Crippen molar-refractivity contribution in [2.24, 2.45) is 5.92 Å². The van der Waals surface area contributed by atoms with E-state index in [1.165, 1.54) is 25.7 Å². The van der Waals surface area contributed by atoms with Crippen molar-refractivity contribution in [1.82, 2.24) is 10.6 Å². The zero-order valence-corrected chi connectivity index (χ0v) is 25.1. The molecule has 2 unspecified atom stereocenters. The molecule has 1 amide bonds. The van der Waals surface area contributed by atoms with Gasteiger partial charge in [-0.1, -0.05) is 65.7 Å². The molecule has 0 saturated heterocycles. The van der Waals surface area contributed by atoms with Crippen molar-refractivity contribution in [2.45, 2.75) is 110 Å². The fourth-order valence-corrected chi connectivity index (χ4v) is 3.24. The van der Waals surface area contributed by atoms with Gasteiger partial charge in [0.05, 0.1) is 12.7 Å². The second-order valence-electron chi connectivity index (χ2n) is 8.84. The minimum atomic E-state index is -1.14. The maximum Gasteiger partial charge on any atom is 1.00 e. The normalized spacial score (nSPS) is 12.1. The van der Waals surface area contributed by atoms with Gasteiger partial charge >= 0.3 is 29.6 Å². The molecule has 0 aromatic carbocycles. The molecule has 35 heavy (non-hydrogen) atoms. The van der Waals surface area contributed by atoms with Crippen molar-refractivity contribution in [2.75, 3.05) is 39.5 Å². The SMILES string of the molecule is CCCC(CC(=O)NCCCCCCO)C(=O)[O-].CCCCCCNCC(O)COCCCC.[Na+]. The summed E-state index contributed by atoms with van der Waals surface area (Å²) in [5.74, 6) is -2.04. The van der Waals surface area contributed by atoms with Crippen LogP contribution in [0.2, 0.25) is 0 Å². The maximum absolute atomic E-state index is 11.5. The molecule has 0 rings (SSSR count). The van der Waals surface area contributed by atoms with Crippen LogP contribution in [0.3, 0.4) is 0 Å². The van der Waals surface area contributed by atoms with Crippen LogP contribution in [0.5, 0.6) is 0 Å². The third kappa shape index (κ3) is 31.8. The van der Waals surface area contributed by atoms with E-state index < -0.39 is 11.9 Å². The number of carbonyl (C=O) groups is 2. The van der Waals surface area contributed by atoms with E-state index in [-0.39, 0.29) is 54.6 Å². The van der Waals surface area contributed by atoms with E-state index in [1.807, 2.05) is 6.92 Å². The molecule has 0 saturated carbocycles. The minimum Gasteiger partial charge on any atom is -0.550 e. The average Bonchev–Trinajstić information content (AvgIpc) is 2.81. The van der Waals surface area contributed by atoms with Crippen LogP contribution in [-0.4, -0.2) is 67.6 Å². The molecule has 0 fully saturated rings. The Morgan fingerprint density at radius 1 is 0.886 bits per heavy atom. The molecule has 0 aromatic rings. The summed E-state index contributed by atoms with van der Waals surface area (Å²) in [5, 5.41) is 34.9. The van der Waals surface area contributed by atoms with Gasteiger partial charge in [0.1, 0.15) is 0 Å². The van der Waals surface area contributed by atoms with Crippen LogP contribution in [0.15, 0.2) is 0 Å². The number of nitrogens with one attached hydrogen (secondary N) is 2. The first-order chi connectivity index (χ1) is 16.4. The largest absolute Gasteiger partial charge is 1.00 e. The Balaban J connectivity index is -0.000000573. The fourth-order valence-electron chi connectivity index (χ4n) is 3.24. The minimum absolute atomic E-state index is 0. The summed E-state index contributed by atoms with van der Waals surface area (Å²) in [4.78, 5) is 22.2. The van der Waals surface area contributed by atoms with Crippen molar-refractivity contribution in [3.63, 3.8) is 0 Å². The number of aliphatic hydroxyl groups excluding tert-OH is 2. The van der Waals surface area contributed by atoms with Gasteiger partial charge in [0, 0.05) is 44.6 Å². The van der Waals surface area contributed by atoms with E-state index in [1.54, 1.807) is 0 Å². The Morgan fingerprint density at radius 3 is 2.11 bits per heavy atom. The van der Waals surface area contributed by atoms with Crippen LogP contribution >= 0.6 is 0 Å². The Labute approximate surface area is 236 Å². The molecule has 9 heteroatoms. The number of ether oxygens (including phenoxy) is 1. The second kappa shape index (κ2) is 31.8. The van der Waals surface area contributed by atoms with Gasteiger partial charge in [-0.15, -0.1) is 0 Å². The van der Waals surface area contributed by atoms with Gasteiger partial charge in [-0.2, -0.15) is 0 Å². The number of aliphatic hydroxyl groups is 2. The summed E-state index contributed by atoms with van der Waals surface area (Å²) in [6.45, 7) is 9.89. The molecule has 8 nitrogen and oxygen atoms in total. The number of unbranched alkanes of at least 4 members (excludes halogenated alkanes) is 7. The summed E-state index contributed by atoms with van der Waals surface area (Å²) in [6.07, 6.45) is 11.7. The van der Waals surface area contributed by atoms with Gasteiger partial charge in [0.2, 0.25) is 5.91 Å². The van der Waals surface area contributed by atoms with Crippen molar-refractivity contribution in [1.29, 1.82) is 0 Å². The third-order valence-electron chi connectivity index (χ3n) is 5.35. The van der Waals surface area contributed by atoms with Gasteiger partial charge in [-0.05, 0) is 38.6 Å². The van der Waals surface area contributed by atoms with Gasteiger partial charge in [-0.25, -0.2) is 0 Å². The Bertz CT molecular complexity index is 458. The Hall–Kier alpha value is -0.220. The van der Waals surface area contributed by atoms with E-state index >= 15 is 0 Å². The van der Waals surface area contributed by atoms with Crippen LogP contribution in [0, 0.1) is 5.92 Å². The number of amides is 1. The monoisotopic (exact) mass is 512 g/mol. The summed E-state index contributed by atoms with van der Waals surface area (Å²) in [5.41, 5.74) is 0. The van der Waals surface area contributed by atoms with Crippen molar-refractivity contribution in [3.05, 3.63) is 0 Å². The van der Waals surface area contributed by atoms with Crippen molar-refractivity contribution >= 4 is 11.9 Å². The molecule has 0 aromatic heterocycles. The topological polar surface area (TPSA) is 131 Å². The van der Waals surface area contributed by atoms with E-state index in [0.717, 1.165) is 58.1 Å². The second-order valence-corrected chi connectivity index (χ2v) is 8.84. The van der Waals surface area contributed by atoms with E-state index in [4.69, 9.17) is 9.84 Å². The zero-order chi connectivity index (χ0) is 25.9. The van der Waals surface area contributed by atoms with E-state index in [9.17, 15) is 19.8 Å². The molecule has 0 heterocycles. The molecule has 4 N–H and O–H groups in total. The first-order valence-electron chi connectivity index (χ1n) is 13.5. The number of carboxylic acids is 1. The first-order valence-corrected chi connectivity index (χ1v) is 13.5. The van der Waals surface area contributed by atoms with Crippen LogP contribution in [-0.2, 0) is 14.3 Å². The number of aliphatic carboxylic acids is 1. The Morgan fingerprint density at radius 2 is 1.51 bits per heavy atom. The number of carbonyl (C=O) groups excluding carboxylic acids is 2. The third-order valence-corrected chi connectivity index (χ3v) is 5.35. The fraction of sp³-hybridized carbons (Fsp3) is 0.923. The zero-order valence-electron chi connectivity index (χ0n) is 23.1. The molecule has 0 bridgehead atoms.